The Balaban J connectivity index is 2.52. The fourth-order valence-corrected chi connectivity index (χ4v) is 3.35. The van der Waals surface area contributed by atoms with Crippen LogP contribution < -0.4 is 5.32 Å². The van der Waals surface area contributed by atoms with Gasteiger partial charge in [-0.2, -0.15) is 11.3 Å². The maximum Gasteiger partial charge on any atom is 0.0587 e. The normalized spacial score (nSPS) is 12.7. The minimum atomic E-state index is 0.243. The molecule has 0 saturated carbocycles. The second-order valence-electron chi connectivity index (χ2n) is 4.69. The third-order valence-corrected chi connectivity index (χ3v) is 4.64. The molecule has 1 aromatic heterocycles. The van der Waals surface area contributed by atoms with E-state index in [9.17, 15) is 0 Å². The van der Waals surface area contributed by atoms with E-state index < -0.39 is 0 Å². The maximum absolute atomic E-state index is 6.17. The van der Waals surface area contributed by atoms with Gasteiger partial charge in [0.15, 0.2) is 0 Å². The number of rotatable bonds is 3. The molecule has 0 aliphatic rings. The van der Waals surface area contributed by atoms with E-state index in [1.54, 1.807) is 11.3 Å². The highest BCUT2D eigenvalue weighted by Gasteiger charge is 2.17. The van der Waals surface area contributed by atoms with Crippen molar-refractivity contribution in [3.05, 3.63) is 55.7 Å². The smallest absolute Gasteiger partial charge is 0.0587 e. The summed E-state index contributed by atoms with van der Waals surface area (Å²) in [7, 11) is 2.01. The van der Waals surface area contributed by atoms with Crippen LogP contribution in [0.3, 0.4) is 0 Å². The first-order chi connectivity index (χ1) is 8.54. The van der Waals surface area contributed by atoms with Crippen molar-refractivity contribution in [2.75, 3.05) is 7.05 Å². The molecule has 1 heterocycles. The van der Waals surface area contributed by atoms with Crippen LogP contribution in [0.5, 0.6) is 0 Å². The molecular weight excluding hydrogens is 262 g/mol. The summed E-state index contributed by atoms with van der Waals surface area (Å²) in [6.07, 6.45) is 0. The van der Waals surface area contributed by atoms with Gasteiger partial charge in [0, 0.05) is 5.02 Å². The van der Waals surface area contributed by atoms with E-state index in [1.165, 1.54) is 22.3 Å². The average Bonchev–Trinajstić information content (AvgIpc) is 2.73. The van der Waals surface area contributed by atoms with Crippen LogP contribution in [-0.2, 0) is 0 Å². The van der Waals surface area contributed by atoms with Crippen molar-refractivity contribution >= 4 is 22.9 Å². The van der Waals surface area contributed by atoms with Crippen molar-refractivity contribution in [3.8, 4) is 0 Å². The molecule has 1 nitrogen and oxygen atoms in total. The predicted molar refractivity (Wildman–Crippen MR) is 80.9 cm³/mol. The summed E-state index contributed by atoms with van der Waals surface area (Å²) in [4.78, 5) is 0. The molecule has 0 fully saturated rings. The molecule has 1 unspecified atom stereocenters. The van der Waals surface area contributed by atoms with Gasteiger partial charge < -0.3 is 5.32 Å². The molecule has 1 aromatic carbocycles. The lowest BCUT2D eigenvalue weighted by molar-refractivity contribution is 0.685. The first kappa shape index (κ1) is 13.6. The van der Waals surface area contributed by atoms with Crippen LogP contribution in [0, 0.1) is 20.8 Å². The molecule has 0 amide bonds. The summed E-state index contributed by atoms with van der Waals surface area (Å²) in [5.41, 5.74) is 6.36. The molecule has 0 saturated heterocycles. The first-order valence-corrected chi connectivity index (χ1v) is 7.33. The predicted octanol–water partition coefficient (Wildman–Crippen LogP) is 4.64. The van der Waals surface area contributed by atoms with E-state index in [-0.39, 0.29) is 6.04 Å². The van der Waals surface area contributed by atoms with Gasteiger partial charge in [0.05, 0.1) is 6.04 Å². The zero-order valence-electron chi connectivity index (χ0n) is 11.2. The number of aryl methyl sites for hydroxylation is 3. The summed E-state index contributed by atoms with van der Waals surface area (Å²) in [6, 6.07) is 4.49. The Morgan fingerprint density at radius 1 is 1.00 bits per heavy atom. The molecule has 3 heteroatoms. The Hall–Kier alpha value is -0.830. The molecule has 0 radical (unpaired) electrons. The lowest BCUT2D eigenvalue weighted by Gasteiger charge is -2.20. The van der Waals surface area contributed by atoms with Gasteiger partial charge in [-0.1, -0.05) is 17.7 Å². The molecule has 18 heavy (non-hydrogen) atoms. The third kappa shape index (κ3) is 2.46. The van der Waals surface area contributed by atoms with E-state index in [0.717, 1.165) is 10.6 Å². The van der Waals surface area contributed by atoms with Gasteiger partial charge in [-0.05, 0) is 72.5 Å². The number of hydrogen-bond donors (Lipinski definition) is 1. The Kier molecular flexibility index (Phi) is 4.10. The lowest BCUT2D eigenvalue weighted by Crippen LogP contribution is -2.19. The largest absolute Gasteiger partial charge is 0.309 e. The SMILES string of the molecule is CNC(c1cscc1C)c1cc(C)c(Cl)cc1C. The molecule has 0 spiro atoms. The molecule has 2 aromatic rings. The summed E-state index contributed by atoms with van der Waals surface area (Å²) in [6.45, 7) is 6.33. The Morgan fingerprint density at radius 3 is 2.28 bits per heavy atom. The summed E-state index contributed by atoms with van der Waals surface area (Å²) in [5.74, 6) is 0. The zero-order valence-corrected chi connectivity index (χ0v) is 12.7. The van der Waals surface area contributed by atoms with Gasteiger partial charge >= 0.3 is 0 Å². The number of halogens is 1. The number of hydrogen-bond acceptors (Lipinski definition) is 2. The van der Waals surface area contributed by atoms with Crippen molar-refractivity contribution in [1.29, 1.82) is 0 Å². The molecule has 1 atom stereocenters. The van der Waals surface area contributed by atoms with Crippen LogP contribution in [0.2, 0.25) is 5.02 Å². The van der Waals surface area contributed by atoms with Gasteiger partial charge in [-0.25, -0.2) is 0 Å². The van der Waals surface area contributed by atoms with Crippen LogP contribution in [0.15, 0.2) is 22.9 Å². The van der Waals surface area contributed by atoms with Crippen LogP contribution in [0.1, 0.15) is 33.9 Å². The van der Waals surface area contributed by atoms with Crippen molar-refractivity contribution in [3.63, 3.8) is 0 Å². The molecule has 96 valence electrons. The number of nitrogens with one attached hydrogen (secondary N) is 1. The Bertz CT molecular complexity index is 560. The standard InChI is InChI=1S/C15H18ClNS/c1-9-6-14(16)10(2)5-12(9)15(17-4)13-8-18-7-11(13)3/h5-8,15,17H,1-4H3. The third-order valence-electron chi connectivity index (χ3n) is 3.35. The topological polar surface area (TPSA) is 12.0 Å². The molecule has 1 N–H and O–H groups in total. The van der Waals surface area contributed by atoms with E-state index in [0.29, 0.717) is 0 Å². The summed E-state index contributed by atoms with van der Waals surface area (Å²) in [5, 5.41) is 8.67. The highest BCUT2D eigenvalue weighted by atomic mass is 35.5. The maximum atomic E-state index is 6.17. The molecule has 0 aliphatic heterocycles. The molecule has 0 aliphatic carbocycles. The monoisotopic (exact) mass is 279 g/mol. The van der Waals surface area contributed by atoms with E-state index >= 15 is 0 Å². The zero-order chi connectivity index (χ0) is 13.3. The molecule has 0 bridgehead atoms. The van der Waals surface area contributed by atoms with Crippen molar-refractivity contribution in [2.24, 2.45) is 0 Å². The van der Waals surface area contributed by atoms with Gasteiger partial charge in [-0.15, -0.1) is 0 Å². The quantitative estimate of drug-likeness (QED) is 0.863. The Morgan fingerprint density at radius 2 is 1.72 bits per heavy atom. The van der Waals surface area contributed by atoms with Crippen molar-refractivity contribution < 1.29 is 0 Å². The number of benzene rings is 1. The Labute approximate surface area is 118 Å². The van der Waals surface area contributed by atoms with Crippen LogP contribution in [0.4, 0.5) is 0 Å². The van der Waals surface area contributed by atoms with Gasteiger partial charge in [0.1, 0.15) is 0 Å². The van der Waals surface area contributed by atoms with Gasteiger partial charge in [-0.3, -0.25) is 0 Å². The van der Waals surface area contributed by atoms with Gasteiger partial charge in [0.25, 0.3) is 0 Å². The van der Waals surface area contributed by atoms with E-state index in [4.69, 9.17) is 11.6 Å². The first-order valence-electron chi connectivity index (χ1n) is 6.01. The highest BCUT2D eigenvalue weighted by molar-refractivity contribution is 7.08. The highest BCUT2D eigenvalue weighted by Crippen LogP contribution is 2.31. The van der Waals surface area contributed by atoms with Crippen LogP contribution in [0.25, 0.3) is 0 Å². The minimum Gasteiger partial charge on any atom is -0.309 e. The fraction of sp³-hybridized carbons (Fsp3) is 0.333. The number of thiophene rings is 1. The minimum absolute atomic E-state index is 0.243. The molecular formula is C15H18ClNS. The second kappa shape index (κ2) is 5.43. The second-order valence-corrected chi connectivity index (χ2v) is 5.84. The fourth-order valence-electron chi connectivity index (χ4n) is 2.26. The molecule has 2 rings (SSSR count). The summed E-state index contributed by atoms with van der Waals surface area (Å²) < 4.78 is 0. The van der Waals surface area contributed by atoms with Crippen LogP contribution in [-0.4, -0.2) is 7.05 Å². The van der Waals surface area contributed by atoms with Crippen molar-refractivity contribution in [2.45, 2.75) is 26.8 Å². The summed E-state index contributed by atoms with van der Waals surface area (Å²) >= 11 is 7.92. The lowest BCUT2D eigenvalue weighted by atomic mass is 9.93. The van der Waals surface area contributed by atoms with E-state index in [2.05, 4.69) is 49.0 Å². The van der Waals surface area contributed by atoms with Crippen molar-refractivity contribution in [1.82, 2.24) is 5.32 Å². The van der Waals surface area contributed by atoms with Gasteiger partial charge in [0.2, 0.25) is 0 Å². The van der Waals surface area contributed by atoms with Crippen LogP contribution >= 0.6 is 22.9 Å². The van der Waals surface area contributed by atoms with E-state index in [1.807, 2.05) is 7.05 Å². The average molecular weight is 280 g/mol.